The number of hydrogen-bond acceptors (Lipinski definition) is 4. The van der Waals surface area contributed by atoms with E-state index in [0.29, 0.717) is 16.7 Å². The lowest BCUT2D eigenvalue weighted by atomic mass is 9.52. The van der Waals surface area contributed by atoms with E-state index in [9.17, 15) is 9.90 Å². The first-order valence-electron chi connectivity index (χ1n) is 12.5. The van der Waals surface area contributed by atoms with Crippen LogP contribution < -0.4 is 0 Å². The van der Waals surface area contributed by atoms with Crippen LogP contribution >= 0.6 is 0 Å². The fourth-order valence-corrected chi connectivity index (χ4v) is 6.71. The van der Waals surface area contributed by atoms with Crippen LogP contribution in [0.3, 0.4) is 0 Å². The maximum absolute atomic E-state index is 10.2. The molecule has 3 fully saturated rings. The lowest BCUT2D eigenvalue weighted by Crippen LogP contribution is -2.61. The predicted octanol–water partition coefficient (Wildman–Crippen LogP) is 4.67. The normalized spacial score (nSPS) is 29.1. The minimum atomic E-state index is -1.41. The van der Waals surface area contributed by atoms with Crippen molar-refractivity contribution in [3.8, 4) is 5.75 Å². The van der Waals surface area contributed by atoms with Gasteiger partial charge in [-0.15, -0.1) is 0 Å². The summed E-state index contributed by atoms with van der Waals surface area (Å²) in [5.74, 6) is 1.08. The minimum Gasteiger partial charge on any atom is -0.508 e. The van der Waals surface area contributed by atoms with Crippen molar-refractivity contribution in [2.45, 2.75) is 68.9 Å². The number of phenols is 1. The molecule has 2 aromatic carbocycles. The second kappa shape index (κ2) is 9.11. The molecule has 0 aromatic heterocycles. The van der Waals surface area contributed by atoms with Gasteiger partial charge in [0, 0.05) is 18.0 Å². The number of aromatic hydroxyl groups is 1. The van der Waals surface area contributed by atoms with Crippen molar-refractivity contribution in [3.63, 3.8) is 0 Å². The summed E-state index contributed by atoms with van der Waals surface area (Å²) >= 11 is 0. The highest BCUT2D eigenvalue weighted by Gasteiger charge is 2.54. The second-order valence-corrected chi connectivity index (χ2v) is 10.5. The maximum Gasteiger partial charge on any atom is 0.337 e. The quantitative estimate of drug-likeness (QED) is 0.632. The molecule has 0 unspecified atom stereocenters. The zero-order chi connectivity index (χ0) is 23.0. The van der Waals surface area contributed by atoms with Crippen LogP contribution in [0.4, 0.5) is 0 Å². The molecule has 4 aliphatic rings. The Labute approximate surface area is 196 Å². The zero-order valence-electron chi connectivity index (χ0n) is 19.2. The number of carboxylic acid groups (broad SMARTS) is 1. The van der Waals surface area contributed by atoms with Crippen molar-refractivity contribution in [2.75, 3.05) is 13.1 Å². The lowest BCUT2D eigenvalue weighted by molar-refractivity contribution is -0.146. The number of carbonyl (C=O) groups is 1. The number of piperidine rings is 1. The molecule has 5 nitrogen and oxygen atoms in total. The van der Waals surface area contributed by atoms with Gasteiger partial charge < -0.3 is 15.3 Å². The van der Waals surface area contributed by atoms with Crippen molar-refractivity contribution in [3.05, 3.63) is 65.2 Å². The summed E-state index contributed by atoms with van der Waals surface area (Å²) < 4.78 is 0. The van der Waals surface area contributed by atoms with Crippen LogP contribution in [-0.2, 0) is 16.6 Å². The summed E-state index contributed by atoms with van der Waals surface area (Å²) in [7, 11) is 0. The lowest BCUT2D eigenvalue weighted by Gasteiger charge is -2.59. The molecular formula is C28H35NO4. The minimum absolute atomic E-state index is 0.384. The Kier molecular flexibility index (Phi) is 6.19. The molecule has 1 aliphatic heterocycles. The van der Waals surface area contributed by atoms with Crippen molar-refractivity contribution in [1.29, 1.82) is 0 Å². The third-order valence-corrected chi connectivity index (χ3v) is 8.47. The van der Waals surface area contributed by atoms with E-state index in [2.05, 4.69) is 17.0 Å². The van der Waals surface area contributed by atoms with Gasteiger partial charge in [0.1, 0.15) is 5.75 Å². The van der Waals surface area contributed by atoms with E-state index in [4.69, 9.17) is 10.2 Å². The highest BCUT2D eigenvalue weighted by atomic mass is 16.4. The Morgan fingerprint density at radius 3 is 2.58 bits per heavy atom. The highest BCUT2D eigenvalue weighted by Crippen LogP contribution is 2.56. The number of carboxylic acids is 1. The SMILES string of the molecule is O=C(O)[C@@H](O)c1ccccc1.Oc1ccc2c(c1)[C@@]13CCCC[C@@H]1[C@@H](C2)N(CC1CC1)CC3. The summed E-state index contributed by atoms with van der Waals surface area (Å²) in [6.45, 7) is 2.64. The van der Waals surface area contributed by atoms with Gasteiger partial charge >= 0.3 is 5.97 Å². The summed E-state index contributed by atoms with van der Waals surface area (Å²) in [6, 6.07) is 15.3. The Hall–Kier alpha value is -2.37. The predicted molar refractivity (Wildman–Crippen MR) is 127 cm³/mol. The monoisotopic (exact) mass is 449 g/mol. The number of hydrogen-bond donors (Lipinski definition) is 3. The van der Waals surface area contributed by atoms with Gasteiger partial charge in [0.15, 0.2) is 6.10 Å². The smallest absolute Gasteiger partial charge is 0.337 e. The van der Waals surface area contributed by atoms with Crippen LogP contribution in [0.2, 0.25) is 0 Å². The Balaban J connectivity index is 0.000000177. The molecule has 176 valence electrons. The number of rotatable bonds is 4. The van der Waals surface area contributed by atoms with Gasteiger partial charge in [-0.1, -0.05) is 49.2 Å². The number of aliphatic carboxylic acids is 1. The average molecular weight is 450 g/mol. The van der Waals surface area contributed by atoms with E-state index in [1.54, 1.807) is 30.3 Å². The van der Waals surface area contributed by atoms with E-state index < -0.39 is 12.1 Å². The van der Waals surface area contributed by atoms with Crippen LogP contribution in [-0.4, -0.2) is 45.3 Å². The molecular weight excluding hydrogens is 414 g/mol. The van der Waals surface area contributed by atoms with Crippen molar-refractivity contribution < 1.29 is 20.1 Å². The Morgan fingerprint density at radius 2 is 1.85 bits per heavy atom. The van der Waals surface area contributed by atoms with Crippen molar-refractivity contribution in [1.82, 2.24) is 4.90 Å². The standard InChI is InChI=1S/C20H27NO.C8H8O3/c22-16-7-6-15-11-19-17-3-1-2-8-20(17,18(15)12-16)9-10-21(19)13-14-4-5-14;9-7(8(10)11)6-4-2-1-3-5-6/h6-7,12,14,17,19,22H,1-5,8-11,13H2;1-5,7,9H,(H,10,11)/t17-,19-,20-;7-/m10/s1. The molecule has 1 saturated heterocycles. The van der Waals surface area contributed by atoms with E-state index >= 15 is 0 Å². The first-order valence-corrected chi connectivity index (χ1v) is 12.5. The summed E-state index contributed by atoms with van der Waals surface area (Å²) in [5.41, 5.74) is 3.83. The van der Waals surface area contributed by atoms with Crippen LogP contribution in [0, 0.1) is 11.8 Å². The first-order chi connectivity index (χ1) is 16.0. The molecule has 0 spiro atoms. The third kappa shape index (κ3) is 4.41. The van der Waals surface area contributed by atoms with Gasteiger partial charge in [0.2, 0.25) is 0 Å². The molecule has 3 N–H and O–H groups in total. The number of fused-ring (bicyclic) bond motifs is 1. The fraction of sp³-hybridized carbons (Fsp3) is 0.536. The van der Waals surface area contributed by atoms with E-state index in [0.717, 1.165) is 17.9 Å². The Morgan fingerprint density at radius 1 is 1.06 bits per heavy atom. The molecule has 2 bridgehead atoms. The number of benzene rings is 2. The van der Waals surface area contributed by atoms with Crippen LogP contribution in [0.15, 0.2) is 48.5 Å². The summed E-state index contributed by atoms with van der Waals surface area (Å²) in [5, 5.41) is 27.4. The van der Waals surface area contributed by atoms with Crippen molar-refractivity contribution in [2.24, 2.45) is 11.8 Å². The average Bonchev–Trinajstić information content (AvgIpc) is 3.66. The number of aliphatic hydroxyl groups is 1. The molecule has 1 heterocycles. The van der Waals surface area contributed by atoms with Gasteiger partial charge in [-0.05, 0) is 85.7 Å². The molecule has 2 saturated carbocycles. The third-order valence-electron chi connectivity index (χ3n) is 8.47. The first kappa shape index (κ1) is 22.4. The van der Waals surface area contributed by atoms with Gasteiger partial charge in [-0.2, -0.15) is 0 Å². The molecule has 4 atom stereocenters. The summed E-state index contributed by atoms with van der Waals surface area (Å²) in [4.78, 5) is 13.1. The van der Waals surface area contributed by atoms with E-state index in [1.165, 1.54) is 75.6 Å². The Bertz CT molecular complexity index is 989. The number of nitrogens with zero attached hydrogens (tertiary/aromatic N) is 1. The fourth-order valence-electron chi connectivity index (χ4n) is 6.71. The van der Waals surface area contributed by atoms with Gasteiger partial charge in [-0.3, -0.25) is 4.90 Å². The maximum atomic E-state index is 10.2. The number of aliphatic hydroxyl groups excluding tert-OH is 1. The van der Waals surface area contributed by atoms with Crippen LogP contribution in [0.1, 0.15) is 67.7 Å². The summed E-state index contributed by atoms with van der Waals surface area (Å²) in [6.07, 6.45) is 9.59. The highest BCUT2D eigenvalue weighted by molar-refractivity contribution is 5.73. The molecule has 5 heteroatoms. The molecule has 0 radical (unpaired) electrons. The van der Waals surface area contributed by atoms with Gasteiger partial charge in [-0.25, -0.2) is 4.79 Å². The molecule has 2 aromatic rings. The number of phenolic OH excluding ortho intramolecular Hbond substituents is 1. The van der Waals surface area contributed by atoms with E-state index in [-0.39, 0.29) is 0 Å². The van der Waals surface area contributed by atoms with Crippen molar-refractivity contribution >= 4 is 5.97 Å². The topological polar surface area (TPSA) is 81.0 Å². The second-order valence-electron chi connectivity index (χ2n) is 10.5. The molecule has 6 rings (SSSR count). The van der Waals surface area contributed by atoms with Crippen LogP contribution in [0.5, 0.6) is 5.75 Å². The van der Waals surface area contributed by atoms with Gasteiger partial charge in [0.05, 0.1) is 0 Å². The molecule has 0 amide bonds. The largest absolute Gasteiger partial charge is 0.508 e. The zero-order valence-corrected chi connectivity index (χ0v) is 19.2. The molecule has 33 heavy (non-hydrogen) atoms. The molecule has 3 aliphatic carbocycles. The van der Waals surface area contributed by atoms with Gasteiger partial charge in [0.25, 0.3) is 0 Å². The number of likely N-dealkylation sites (tertiary alicyclic amines) is 1. The van der Waals surface area contributed by atoms with E-state index in [1.807, 2.05) is 6.07 Å². The van der Waals surface area contributed by atoms with Crippen LogP contribution in [0.25, 0.3) is 0 Å².